The molecule has 4 aromatic carbocycles. The highest BCUT2D eigenvalue weighted by Gasteiger charge is 2.41. The van der Waals surface area contributed by atoms with Crippen LogP contribution in [0.2, 0.25) is 0 Å². The molecule has 7 rings (SSSR count). The van der Waals surface area contributed by atoms with E-state index in [1.807, 2.05) is 28.9 Å². The van der Waals surface area contributed by atoms with E-state index in [1.165, 1.54) is 11.1 Å². The number of para-hydroxylation sites is 3. The maximum atomic E-state index is 5.28. The lowest BCUT2D eigenvalue weighted by Gasteiger charge is -2.40. The first-order valence-electron chi connectivity index (χ1n) is 12.8. The van der Waals surface area contributed by atoms with E-state index >= 15 is 0 Å². The topological polar surface area (TPSA) is 57.8 Å². The Bertz CT molecular complexity index is 1700. The quantitative estimate of drug-likeness (QED) is 0.287. The van der Waals surface area contributed by atoms with Crippen LogP contribution < -0.4 is 10.2 Å². The van der Waals surface area contributed by atoms with Crippen LogP contribution in [0, 0.1) is 13.8 Å². The van der Waals surface area contributed by atoms with E-state index < -0.39 is 0 Å². The first-order chi connectivity index (χ1) is 18.7. The summed E-state index contributed by atoms with van der Waals surface area (Å²) in [6.07, 6.45) is 0. The summed E-state index contributed by atoms with van der Waals surface area (Å²) >= 11 is 0. The smallest absolute Gasteiger partial charge is 0.179 e. The van der Waals surface area contributed by atoms with Crippen molar-refractivity contribution in [2.75, 3.05) is 10.2 Å². The number of aromatic nitrogens is 2. The molecule has 2 aliphatic rings. The SMILES string of the molecule is Cc1ccc(NC2=Nc3ccccc3N3C2=Nc2c(c(C)nn2-c2ccccc2)[C@H]3c2ccccc2)cc1. The zero-order valence-electron chi connectivity index (χ0n) is 21.2. The summed E-state index contributed by atoms with van der Waals surface area (Å²) in [6, 6.07) is 37.3. The Morgan fingerprint density at radius 3 is 2.16 bits per heavy atom. The third-order valence-electron chi connectivity index (χ3n) is 7.07. The van der Waals surface area contributed by atoms with Crippen LogP contribution in [0.15, 0.2) is 119 Å². The van der Waals surface area contributed by atoms with Gasteiger partial charge in [0, 0.05) is 11.3 Å². The number of anilines is 2. The summed E-state index contributed by atoms with van der Waals surface area (Å²) in [7, 11) is 0. The summed E-state index contributed by atoms with van der Waals surface area (Å²) < 4.78 is 1.95. The van der Waals surface area contributed by atoms with E-state index in [-0.39, 0.29) is 6.04 Å². The number of nitrogens with one attached hydrogen (secondary N) is 1. The summed E-state index contributed by atoms with van der Waals surface area (Å²) in [6.45, 7) is 4.16. The minimum absolute atomic E-state index is 0.123. The molecule has 184 valence electrons. The van der Waals surface area contributed by atoms with Crippen molar-refractivity contribution in [3.05, 3.63) is 132 Å². The van der Waals surface area contributed by atoms with Gasteiger partial charge in [-0.3, -0.25) is 0 Å². The third kappa shape index (κ3) is 3.61. The van der Waals surface area contributed by atoms with Crippen LogP contribution in [-0.4, -0.2) is 21.5 Å². The van der Waals surface area contributed by atoms with Gasteiger partial charge in [-0.1, -0.05) is 78.4 Å². The van der Waals surface area contributed by atoms with Crippen LogP contribution in [0.4, 0.5) is 22.9 Å². The summed E-state index contributed by atoms with van der Waals surface area (Å²) in [5.74, 6) is 2.30. The minimum atomic E-state index is -0.123. The van der Waals surface area contributed by atoms with Crippen molar-refractivity contribution >= 4 is 34.6 Å². The molecule has 2 aliphatic heterocycles. The van der Waals surface area contributed by atoms with Crippen LogP contribution in [0.1, 0.15) is 28.4 Å². The second-order valence-electron chi connectivity index (χ2n) is 9.63. The molecule has 0 unspecified atom stereocenters. The highest BCUT2D eigenvalue weighted by Crippen LogP contribution is 2.48. The third-order valence-corrected chi connectivity index (χ3v) is 7.07. The van der Waals surface area contributed by atoms with Gasteiger partial charge in [-0.25, -0.2) is 14.7 Å². The van der Waals surface area contributed by atoms with Gasteiger partial charge in [-0.05, 0) is 55.8 Å². The Morgan fingerprint density at radius 2 is 1.39 bits per heavy atom. The molecular formula is C32H26N6. The van der Waals surface area contributed by atoms with E-state index in [9.17, 15) is 0 Å². The molecule has 5 aromatic rings. The van der Waals surface area contributed by atoms with Gasteiger partial charge in [0.25, 0.3) is 0 Å². The monoisotopic (exact) mass is 494 g/mol. The lowest BCUT2D eigenvalue weighted by Crippen LogP contribution is -2.46. The number of fused-ring (bicyclic) bond motifs is 4. The fraction of sp³-hybridized carbons (Fsp3) is 0.0938. The highest BCUT2D eigenvalue weighted by molar-refractivity contribution is 6.51. The zero-order valence-corrected chi connectivity index (χ0v) is 21.2. The molecule has 0 saturated heterocycles. The second kappa shape index (κ2) is 8.85. The highest BCUT2D eigenvalue weighted by atomic mass is 15.4. The fourth-order valence-electron chi connectivity index (χ4n) is 5.27. The molecule has 0 radical (unpaired) electrons. The van der Waals surface area contributed by atoms with E-state index in [0.29, 0.717) is 5.84 Å². The number of nitrogens with zero attached hydrogens (tertiary/aromatic N) is 5. The lowest BCUT2D eigenvalue weighted by atomic mass is 9.93. The van der Waals surface area contributed by atoms with Gasteiger partial charge in [0.15, 0.2) is 17.5 Å². The number of benzene rings is 4. The Kier molecular flexibility index (Phi) is 5.18. The van der Waals surface area contributed by atoms with Crippen LogP contribution in [0.25, 0.3) is 5.69 Å². The van der Waals surface area contributed by atoms with Gasteiger partial charge in [0.1, 0.15) is 0 Å². The fourth-order valence-corrected chi connectivity index (χ4v) is 5.27. The molecule has 0 saturated carbocycles. The molecule has 1 atom stereocenters. The summed E-state index contributed by atoms with van der Waals surface area (Å²) in [5, 5.41) is 8.56. The molecule has 6 nitrogen and oxygen atoms in total. The maximum absolute atomic E-state index is 5.28. The molecular weight excluding hydrogens is 468 g/mol. The van der Waals surface area contributed by atoms with Gasteiger partial charge in [0.05, 0.1) is 28.8 Å². The van der Waals surface area contributed by atoms with E-state index in [2.05, 4.69) is 109 Å². The number of aliphatic imine (C=N–C) groups is 2. The number of aryl methyl sites for hydroxylation is 2. The molecule has 0 fully saturated rings. The Morgan fingerprint density at radius 1 is 0.711 bits per heavy atom. The molecule has 0 bridgehead atoms. The van der Waals surface area contributed by atoms with Crippen LogP contribution in [0.5, 0.6) is 0 Å². The van der Waals surface area contributed by atoms with Crippen LogP contribution in [-0.2, 0) is 0 Å². The molecule has 0 spiro atoms. The Labute approximate surface area is 221 Å². The standard InChI is InChI=1S/C32H26N6/c1-21-17-19-24(20-18-21)33-30-32-35-31-28(22(2)36-38(31)25-13-7-4-8-14-25)29(23-11-5-3-6-12-23)37(32)27-16-10-9-15-26(27)34-30/h3-20,29H,1-2H3,(H,33,34)/t29-/m1/s1. The van der Waals surface area contributed by atoms with E-state index in [4.69, 9.17) is 15.1 Å². The molecule has 1 aromatic heterocycles. The first-order valence-corrected chi connectivity index (χ1v) is 12.8. The Hall–Kier alpha value is -4.97. The van der Waals surface area contributed by atoms with E-state index in [1.54, 1.807) is 0 Å². The Balaban J connectivity index is 1.49. The molecule has 0 amide bonds. The number of rotatable bonds is 3. The number of hydrogen-bond donors (Lipinski definition) is 1. The van der Waals surface area contributed by atoms with Crippen molar-refractivity contribution in [1.29, 1.82) is 0 Å². The molecule has 38 heavy (non-hydrogen) atoms. The molecule has 1 N–H and O–H groups in total. The van der Waals surface area contributed by atoms with Gasteiger partial charge < -0.3 is 10.2 Å². The predicted octanol–water partition coefficient (Wildman–Crippen LogP) is 7.28. The van der Waals surface area contributed by atoms with Gasteiger partial charge in [-0.15, -0.1) is 0 Å². The van der Waals surface area contributed by atoms with Gasteiger partial charge in [-0.2, -0.15) is 5.10 Å². The van der Waals surface area contributed by atoms with Crippen LogP contribution >= 0.6 is 0 Å². The number of amidine groups is 2. The van der Waals surface area contributed by atoms with Crippen molar-refractivity contribution in [3.8, 4) is 5.69 Å². The van der Waals surface area contributed by atoms with Crippen molar-refractivity contribution in [2.45, 2.75) is 19.9 Å². The second-order valence-corrected chi connectivity index (χ2v) is 9.63. The van der Waals surface area contributed by atoms with Gasteiger partial charge in [0.2, 0.25) is 0 Å². The summed E-state index contributed by atoms with van der Waals surface area (Å²) in [4.78, 5) is 12.7. The first kappa shape index (κ1) is 22.2. The lowest BCUT2D eigenvalue weighted by molar-refractivity contribution is 0.815. The maximum Gasteiger partial charge on any atom is 0.179 e. The van der Waals surface area contributed by atoms with E-state index in [0.717, 1.165) is 45.7 Å². The number of hydrogen-bond acceptors (Lipinski definition) is 5. The largest absolute Gasteiger partial charge is 0.337 e. The molecule has 0 aliphatic carbocycles. The van der Waals surface area contributed by atoms with Crippen molar-refractivity contribution in [2.24, 2.45) is 9.98 Å². The average Bonchev–Trinajstić information content (AvgIpc) is 3.30. The average molecular weight is 495 g/mol. The molecule has 3 heterocycles. The van der Waals surface area contributed by atoms with Crippen molar-refractivity contribution in [1.82, 2.24) is 9.78 Å². The predicted molar refractivity (Wildman–Crippen MR) is 154 cm³/mol. The van der Waals surface area contributed by atoms with Gasteiger partial charge >= 0.3 is 0 Å². The normalized spacial score (nSPS) is 15.6. The van der Waals surface area contributed by atoms with Crippen molar-refractivity contribution < 1.29 is 0 Å². The zero-order chi connectivity index (χ0) is 25.6. The molecule has 6 heteroatoms. The minimum Gasteiger partial charge on any atom is -0.337 e. The summed E-state index contributed by atoms with van der Waals surface area (Å²) in [5.41, 5.74) is 8.28. The van der Waals surface area contributed by atoms with Crippen molar-refractivity contribution in [3.63, 3.8) is 0 Å². The van der Waals surface area contributed by atoms with Crippen LogP contribution in [0.3, 0.4) is 0 Å².